The second kappa shape index (κ2) is 6.75. The summed E-state index contributed by atoms with van der Waals surface area (Å²) in [6, 6.07) is 0.278. The molecular formula is C17H20N8O3. The Labute approximate surface area is 158 Å². The van der Waals surface area contributed by atoms with Crippen LogP contribution in [0.15, 0.2) is 16.0 Å². The number of imidazole rings is 1. The molecule has 0 spiro atoms. The quantitative estimate of drug-likeness (QED) is 0.510. The van der Waals surface area contributed by atoms with Gasteiger partial charge >= 0.3 is 5.69 Å². The zero-order valence-electron chi connectivity index (χ0n) is 15.1. The van der Waals surface area contributed by atoms with E-state index >= 15 is 0 Å². The highest BCUT2D eigenvalue weighted by molar-refractivity contribution is 5.57. The van der Waals surface area contributed by atoms with Crippen molar-refractivity contribution in [1.82, 2.24) is 29.5 Å². The van der Waals surface area contributed by atoms with Gasteiger partial charge in [0, 0.05) is 24.9 Å². The Balaban J connectivity index is 1.69. The fraction of sp³-hybridized carbons (Fsp3) is 0.471. The molecule has 1 saturated heterocycles. The standard InChI is InChI=1S/C17H20N8O3/c26-14-12(20-17(27)22-14)8-10-9-18-25-13(10)21-15(23-16(25)19-11-2-3-11)24-4-1-6-28-7-5-24/h8-9,11,26H,1-7H2,(H2,20,22,27). The van der Waals surface area contributed by atoms with Gasteiger partial charge in [-0.3, -0.25) is 4.98 Å². The monoisotopic (exact) mass is 384 g/mol. The van der Waals surface area contributed by atoms with E-state index in [1.807, 2.05) is 0 Å². The van der Waals surface area contributed by atoms with Gasteiger partial charge in [-0.05, 0) is 25.3 Å². The van der Waals surface area contributed by atoms with Crippen LogP contribution in [0, 0.1) is 0 Å². The number of nitrogens with one attached hydrogen (secondary N) is 2. The van der Waals surface area contributed by atoms with Crippen molar-refractivity contribution in [2.45, 2.75) is 25.3 Å². The SMILES string of the molecule is O=c1[nH]c(O)c(C=c2cnn3c(=NC4CC4)nc(N4CCCOCC4)nc23)[nH]1. The maximum absolute atomic E-state index is 11.4. The third kappa shape index (κ3) is 3.24. The minimum Gasteiger partial charge on any atom is -0.493 e. The smallest absolute Gasteiger partial charge is 0.326 e. The van der Waals surface area contributed by atoms with Gasteiger partial charge in [0.2, 0.25) is 11.8 Å². The molecular weight excluding hydrogens is 364 g/mol. The van der Waals surface area contributed by atoms with Gasteiger partial charge in [-0.1, -0.05) is 0 Å². The first kappa shape index (κ1) is 16.9. The molecule has 0 radical (unpaired) electrons. The zero-order chi connectivity index (χ0) is 19.1. The molecule has 146 valence electrons. The van der Waals surface area contributed by atoms with Crippen LogP contribution in [0.5, 0.6) is 5.88 Å². The van der Waals surface area contributed by atoms with Gasteiger partial charge in [-0.2, -0.15) is 19.6 Å². The molecule has 1 saturated carbocycles. The van der Waals surface area contributed by atoms with Crippen LogP contribution in [0.25, 0.3) is 11.7 Å². The largest absolute Gasteiger partial charge is 0.493 e. The Morgan fingerprint density at radius 3 is 2.93 bits per heavy atom. The zero-order valence-corrected chi connectivity index (χ0v) is 15.1. The van der Waals surface area contributed by atoms with E-state index in [1.54, 1.807) is 16.8 Å². The maximum Gasteiger partial charge on any atom is 0.326 e. The number of fused-ring (bicyclic) bond motifs is 1. The molecule has 1 aliphatic heterocycles. The number of aromatic nitrogens is 6. The van der Waals surface area contributed by atoms with E-state index in [1.165, 1.54) is 0 Å². The highest BCUT2D eigenvalue weighted by Gasteiger charge is 2.22. The number of hydrogen-bond donors (Lipinski definition) is 3. The summed E-state index contributed by atoms with van der Waals surface area (Å²) in [5.74, 6) is 0.352. The van der Waals surface area contributed by atoms with Crippen molar-refractivity contribution < 1.29 is 9.84 Å². The van der Waals surface area contributed by atoms with Gasteiger partial charge in [0.15, 0.2) is 5.65 Å². The highest BCUT2D eigenvalue weighted by Crippen LogP contribution is 2.22. The van der Waals surface area contributed by atoms with E-state index in [2.05, 4.69) is 29.9 Å². The minimum atomic E-state index is -0.482. The minimum absolute atomic E-state index is 0.230. The maximum atomic E-state index is 11.4. The van der Waals surface area contributed by atoms with Crippen molar-refractivity contribution >= 4 is 17.7 Å². The topological polar surface area (TPSA) is 137 Å². The molecule has 0 bridgehead atoms. The number of rotatable bonds is 3. The van der Waals surface area contributed by atoms with Crippen molar-refractivity contribution in [3.63, 3.8) is 0 Å². The van der Waals surface area contributed by atoms with Gasteiger partial charge in [0.1, 0.15) is 5.69 Å². The molecule has 1 aliphatic carbocycles. The summed E-state index contributed by atoms with van der Waals surface area (Å²) in [5, 5.41) is 14.9. The molecule has 4 heterocycles. The van der Waals surface area contributed by atoms with Crippen LogP contribution in [0.1, 0.15) is 25.0 Å². The Morgan fingerprint density at radius 2 is 2.14 bits per heavy atom. The average Bonchev–Trinajstić information content (AvgIpc) is 3.39. The predicted molar refractivity (Wildman–Crippen MR) is 98.9 cm³/mol. The van der Waals surface area contributed by atoms with Crippen molar-refractivity contribution in [1.29, 1.82) is 0 Å². The second-order valence-corrected chi connectivity index (χ2v) is 6.96. The Hall–Kier alpha value is -3.21. The second-order valence-electron chi connectivity index (χ2n) is 6.96. The lowest BCUT2D eigenvalue weighted by molar-refractivity contribution is 0.152. The molecule has 11 nitrogen and oxygen atoms in total. The molecule has 3 N–H and O–H groups in total. The number of nitrogens with zero attached hydrogens (tertiary/aromatic N) is 6. The van der Waals surface area contributed by atoms with Crippen LogP contribution < -0.4 is 21.4 Å². The van der Waals surface area contributed by atoms with E-state index < -0.39 is 5.69 Å². The molecule has 11 heteroatoms. The molecule has 0 unspecified atom stereocenters. The molecule has 2 fully saturated rings. The van der Waals surface area contributed by atoms with Crippen LogP contribution in [-0.2, 0) is 4.74 Å². The lowest BCUT2D eigenvalue weighted by atomic mass is 10.3. The number of anilines is 1. The van der Waals surface area contributed by atoms with Gasteiger partial charge in [-0.25, -0.2) is 9.79 Å². The molecule has 3 aromatic heterocycles. The van der Waals surface area contributed by atoms with E-state index in [4.69, 9.17) is 9.72 Å². The average molecular weight is 384 g/mol. The molecule has 3 aromatic rings. The fourth-order valence-electron chi connectivity index (χ4n) is 3.16. The van der Waals surface area contributed by atoms with Gasteiger partial charge in [0.25, 0.3) is 5.62 Å². The summed E-state index contributed by atoms with van der Waals surface area (Å²) in [5.41, 5.74) is 0.864. The van der Waals surface area contributed by atoms with Crippen LogP contribution in [0.3, 0.4) is 0 Å². The van der Waals surface area contributed by atoms with Crippen molar-refractivity contribution in [2.75, 3.05) is 31.2 Å². The number of hydrogen-bond acceptors (Lipinski definition) is 8. The van der Waals surface area contributed by atoms with E-state index in [9.17, 15) is 9.90 Å². The normalized spacial score (nSPS) is 19.5. The summed E-state index contributed by atoms with van der Waals surface area (Å²) in [6.07, 6.45) is 6.25. The first-order valence-corrected chi connectivity index (χ1v) is 9.33. The van der Waals surface area contributed by atoms with Gasteiger partial charge in [0.05, 0.1) is 18.8 Å². The lowest BCUT2D eigenvalue weighted by Gasteiger charge is -2.19. The Bertz CT molecular complexity index is 1180. The van der Waals surface area contributed by atoms with Gasteiger partial charge < -0.3 is 19.7 Å². The molecule has 0 amide bonds. The highest BCUT2D eigenvalue weighted by atomic mass is 16.5. The summed E-state index contributed by atoms with van der Waals surface area (Å²) in [6.45, 7) is 2.86. The summed E-state index contributed by atoms with van der Waals surface area (Å²) < 4.78 is 7.13. The third-order valence-electron chi connectivity index (χ3n) is 4.75. The first-order chi connectivity index (χ1) is 13.7. The number of ether oxygens (including phenoxy) is 1. The Morgan fingerprint density at radius 1 is 1.25 bits per heavy atom. The van der Waals surface area contributed by atoms with Crippen molar-refractivity contribution in [3.05, 3.63) is 33.2 Å². The fourth-order valence-corrected chi connectivity index (χ4v) is 3.16. The molecule has 2 aliphatic rings. The Kier molecular flexibility index (Phi) is 4.08. The predicted octanol–water partition coefficient (Wildman–Crippen LogP) is -1.32. The van der Waals surface area contributed by atoms with E-state index in [0.29, 0.717) is 35.6 Å². The van der Waals surface area contributed by atoms with E-state index in [-0.39, 0.29) is 17.6 Å². The number of H-pyrrole nitrogens is 2. The van der Waals surface area contributed by atoms with Gasteiger partial charge in [-0.15, -0.1) is 0 Å². The van der Waals surface area contributed by atoms with Crippen LogP contribution in [-0.4, -0.2) is 67.0 Å². The molecule has 5 rings (SSSR count). The van der Waals surface area contributed by atoms with Crippen molar-refractivity contribution in [2.24, 2.45) is 4.99 Å². The van der Waals surface area contributed by atoms with Crippen molar-refractivity contribution in [3.8, 4) is 5.88 Å². The summed E-state index contributed by atoms with van der Waals surface area (Å²) in [4.78, 5) is 32.4. The summed E-state index contributed by atoms with van der Waals surface area (Å²) in [7, 11) is 0. The van der Waals surface area contributed by atoms with Crippen LogP contribution >= 0.6 is 0 Å². The molecule has 0 aromatic carbocycles. The first-order valence-electron chi connectivity index (χ1n) is 9.33. The summed E-state index contributed by atoms with van der Waals surface area (Å²) >= 11 is 0. The number of aromatic amines is 2. The molecule has 28 heavy (non-hydrogen) atoms. The van der Waals surface area contributed by atoms with Crippen LogP contribution in [0.4, 0.5) is 5.95 Å². The lowest BCUT2D eigenvalue weighted by Crippen LogP contribution is -2.32. The molecule has 0 atom stereocenters. The van der Waals surface area contributed by atoms with E-state index in [0.717, 1.165) is 32.4 Å². The van der Waals surface area contributed by atoms with Crippen LogP contribution in [0.2, 0.25) is 0 Å². The number of aromatic hydroxyl groups is 1. The third-order valence-corrected chi connectivity index (χ3v) is 4.75.